The van der Waals surface area contributed by atoms with Crippen molar-refractivity contribution in [3.05, 3.63) is 59.8 Å². The van der Waals surface area contributed by atoms with Gasteiger partial charge in [0.2, 0.25) is 0 Å². The molecule has 5 heteroatoms. The highest BCUT2D eigenvalue weighted by molar-refractivity contribution is 7.99. The van der Waals surface area contributed by atoms with Gasteiger partial charge < -0.3 is 10.3 Å². The predicted molar refractivity (Wildman–Crippen MR) is 81.5 cm³/mol. The summed E-state index contributed by atoms with van der Waals surface area (Å²) in [7, 11) is 1.81. The Morgan fingerprint density at radius 2 is 2.00 bits per heavy atom. The summed E-state index contributed by atoms with van der Waals surface area (Å²) in [5.41, 5.74) is 1.61. The molecule has 0 saturated heterocycles. The predicted octanol–water partition coefficient (Wildman–Crippen LogP) is 4.32. The highest BCUT2D eigenvalue weighted by Crippen LogP contribution is 2.36. The zero-order valence-electron chi connectivity index (χ0n) is 11.4. The van der Waals surface area contributed by atoms with Gasteiger partial charge in [-0.25, -0.2) is 8.78 Å². The third kappa shape index (κ3) is 2.80. The maximum Gasteiger partial charge on any atom is 0.133 e. The molecule has 3 rings (SSSR count). The maximum absolute atomic E-state index is 14.0. The van der Waals surface area contributed by atoms with Crippen LogP contribution < -0.4 is 5.32 Å². The van der Waals surface area contributed by atoms with Crippen molar-refractivity contribution in [1.29, 1.82) is 0 Å². The number of benzene rings is 2. The van der Waals surface area contributed by atoms with Gasteiger partial charge in [0.15, 0.2) is 0 Å². The van der Waals surface area contributed by atoms with Crippen LogP contribution >= 0.6 is 11.8 Å². The normalized spacial score (nSPS) is 11.2. The summed E-state index contributed by atoms with van der Waals surface area (Å²) < 4.78 is 27.4. The third-order valence-corrected chi connectivity index (χ3v) is 4.39. The zero-order chi connectivity index (χ0) is 14.8. The summed E-state index contributed by atoms with van der Waals surface area (Å²) in [5, 5.41) is 3.59. The van der Waals surface area contributed by atoms with Crippen molar-refractivity contribution in [3.63, 3.8) is 0 Å². The van der Waals surface area contributed by atoms with Gasteiger partial charge in [-0.1, -0.05) is 17.8 Å². The molecule has 0 radical (unpaired) electrons. The zero-order valence-corrected chi connectivity index (χ0v) is 12.2. The van der Waals surface area contributed by atoms with Gasteiger partial charge in [-0.05, 0) is 42.9 Å². The monoisotopic (exact) mass is 304 g/mol. The van der Waals surface area contributed by atoms with Crippen molar-refractivity contribution in [1.82, 2.24) is 10.3 Å². The van der Waals surface area contributed by atoms with Crippen molar-refractivity contribution in [2.24, 2.45) is 0 Å². The first-order valence-electron chi connectivity index (χ1n) is 6.55. The van der Waals surface area contributed by atoms with Crippen LogP contribution in [0.15, 0.2) is 52.4 Å². The Kier molecular flexibility index (Phi) is 3.94. The standard InChI is InChI=1S/C16H14F2N2S/c1-19-8-10-7-11(17)5-6-14(10)21-15-9-20-13-4-2-3-12(18)16(13)15/h2-7,9,19-20H,8H2,1H3. The van der Waals surface area contributed by atoms with E-state index in [1.807, 2.05) is 13.1 Å². The molecule has 0 spiro atoms. The van der Waals surface area contributed by atoms with Crippen molar-refractivity contribution < 1.29 is 8.78 Å². The van der Waals surface area contributed by atoms with E-state index in [9.17, 15) is 8.78 Å². The summed E-state index contributed by atoms with van der Waals surface area (Å²) in [4.78, 5) is 4.77. The lowest BCUT2D eigenvalue weighted by Gasteiger charge is -2.08. The van der Waals surface area contributed by atoms with Crippen LogP contribution in [0.3, 0.4) is 0 Å². The molecule has 0 aliphatic rings. The average molecular weight is 304 g/mol. The van der Waals surface area contributed by atoms with Crippen molar-refractivity contribution in [2.45, 2.75) is 16.3 Å². The van der Waals surface area contributed by atoms with Crippen LogP contribution in [0.2, 0.25) is 0 Å². The molecule has 2 N–H and O–H groups in total. The molecule has 0 saturated carbocycles. The Morgan fingerprint density at radius 1 is 1.14 bits per heavy atom. The van der Waals surface area contributed by atoms with E-state index in [0.717, 1.165) is 20.9 Å². The number of nitrogens with one attached hydrogen (secondary N) is 2. The summed E-state index contributed by atoms with van der Waals surface area (Å²) in [6.45, 7) is 0.560. The lowest BCUT2D eigenvalue weighted by atomic mass is 10.2. The summed E-state index contributed by atoms with van der Waals surface area (Å²) in [5.74, 6) is -0.525. The van der Waals surface area contributed by atoms with Gasteiger partial charge in [0.25, 0.3) is 0 Å². The Labute approximate surface area is 125 Å². The molecule has 1 aromatic heterocycles. The minimum Gasteiger partial charge on any atom is -0.360 e. The molecule has 21 heavy (non-hydrogen) atoms. The second-order valence-electron chi connectivity index (χ2n) is 4.70. The Bertz CT molecular complexity index is 783. The number of hydrogen-bond acceptors (Lipinski definition) is 2. The van der Waals surface area contributed by atoms with E-state index in [0.29, 0.717) is 11.9 Å². The molecule has 2 aromatic carbocycles. The Balaban J connectivity index is 2.03. The number of rotatable bonds is 4. The van der Waals surface area contributed by atoms with Gasteiger partial charge in [0, 0.05) is 33.4 Å². The van der Waals surface area contributed by atoms with Crippen LogP contribution in [-0.2, 0) is 6.54 Å². The largest absolute Gasteiger partial charge is 0.360 e. The Morgan fingerprint density at radius 3 is 2.81 bits per heavy atom. The fourth-order valence-corrected chi connectivity index (χ4v) is 3.35. The first kappa shape index (κ1) is 14.1. The van der Waals surface area contributed by atoms with Crippen LogP contribution in [0.5, 0.6) is 0 Å². The molecule has 0 aliphatic carbocycles. The minimum absolute atomic E-state index is 0.256. The first-order valence-corrected chi connectivity index (χ1v) is 7.37. The van der Waals surface area contributed by atoms with Crippen LogP contribution in [0, 0.1) is 11.6 Å². The number of aromatic nitrogens is 1. The van der Waals surface area contributed by atoms with E-state index in [1.165, 1.54) is 30.0 Å². The van der Waals surface area contributed by atoms with E-state index in [1.54, 1.807) is 18.3 Å². The van der Waals surface area contributed by atoms with Gasteiger partial charge >= 0.3 is 0 Å². The first-order chi connectivity index (χ1) is 10.2. The third-order valence-electron chi connectivity index (χ3n) is 3.23. The minimum atomic E-state index is -0.269. The van der Waals surface area contributed by atoms with Crippen LogP contribution in [-0.4, -0.2) is 12.0 Å². The van der Waals surface area contributed by atoms with E-state index < -0.39 is 0 Å². The van der Waals surface area contributed by atoms with Gasteiger partial charge in [-0.2, -0.15) is 0 Å². The average Bonchev–Trinajstić information content (AvgIpc) is 2.87. The smallest absolute Gasteiger partial charge is 0.133 e. The molecule has 0 bridgehead atoms. The van der Waals surface area contributed by atoms with E-state index >= 15 is 0 Å². The molecule has 108 valence electrons. The molecular weight excluding hydrogens is 290 g/mol. The highest BCUT2D eigenvalue weighted by Gasteiger charge is 2.12. The summed E-state index contributed by atoms with van der Waals surface area (Å²) in [6.07, 6.45) is 1.78. The molecule has 3 aromatic rings. The number of hydrogen-bond donors (Lipinski definition) is 2. The highest BCUT2D eigenvalue weighted by atomic mass is 32.2. The summed E-state index contributed by atoms with van der Waals surface area (Å²) in [6, 6.07) is 9.61. The molecule has 2 nitrogen and oxygen atoms in total. The van der Waals surface area contributed by atoms with E-state index in [4.69, 9.17) is 0 Å². The van der Waals surface area contributed by atoms with Gasteiger partial charge in [-0.3, -0.25) is 0 Å². The van der Waals surface area contributed by atoms with E-state index in [2.05, 4.69) is 10.3 Å². The van der Waals surface area contributed by atoms with Crippen LogP contribution in [0.1, 0.15) is 5.56 Å². The number of H-pyrrole nitrogens is 1. The molecule has 0 atom stereocenters. The topological polar surface area (TPSA) is 27.8 Å². The van der Waals surface area contributed by atoms with Gasteiger partial charge in [0.1, 0.15) is 11.6 Å². The molecule has 1 heterocycles. The molecular formula is C16H14F2N2S. The van der Waals surface area contributed by atoms with Crippen molar-refractivity contribution in [2.75, 3.05) is 7.05 Å². The molecule has 0 fully saturated rings. The van der Waals surface area contributed by atoms with E-state index in [-0.39, 0.29) is 11.6 Å². The fourth-order valence-electron chi connectivity index (χ4n) is 2.29. The Hall–Kier alpha value is -1.85. The molecule has 0 aliphatic heterocycles. The SMILES string of the molecule is CNCc1cc(F)ccc1Sc1c[nH]c2cccc(F)c12. The van der Waals surface area contributed by atoms with Crippen LogP contribution in [0.25, 0.3) is 10.9 Å². The number of aromatic amines is 1. The number of fused-ring (bicyclic) bond motifs is 1. The second-order valence-corrected chi connectivity index (χ2v) is 5.78. The quantitative estimate of drug-likeness (QED) is 0.751. The number of halogens is 2. The molecule has 0 amide bonds. The second kappa shape index (κ2) is 5.87. The summed E-state index contributed by atoms with van der Waals surface area (Å²) >= 11 is 1.44. The van der Waals surface area contributed by atoms with Crippen molar-refractivity contribution in [3.8, 4) is 0 Å². The maximum atomic E-state index is 14.0. The molecule has 0 unspecified atom stereocenters. The fraction of sp³-hybridized carbons (Fsp3) is 0.125. The van der Waals surface area contributed by atoms with Gasteiger partial charge in [0.05, 0.1) is 0 Å². The lowest BCUT2D eigenvalue weighted by Crippen LogP contribution is -2.06. The van der Waals surface area contributed by atoms with Crippen molar-refractivity contribution >= 4 is 22.7 Å². The van der Waals surface area contributed by atoms with Crippen LogP contribution in [0.4, 0.5) is 8.78 Å². The lowest BCUT2D eigenvalue weighted by molar-refractivity contribution is 0.621. The van der Waals surface area contributed by atoms with Gasteiger partial charge in [-0.15, -0.1) is 0 Å².